The Bertz CT molecular complexity index is 734. The second-order valence-electron chi connectivity index (χ2n) is 4.00. The summed E-state index contributed by atoms with van der Waals surface area (Å²) in [6.45, 7) is -0.298. The molecule has 2 aromatic rings. The third kappa shape index (κ3) is 3.17. The molecule has 0 atom stereocenters. The van der Waals surface area contributed by atoms with Gasteiger partial charge in [0.2, 0.25) is 0 Å². The molecular formula is C13H11BrFNO3S. The standard InChI is InChI=1S/C13H11BrFNO3S/c14-11-6-5-10(7-12(11)15)20(18,19)16-13-4-2-1-3-9(13)8-17/h1-7,16-17H,8H2. The maximum atomic E-state index is 13.4. The molecule has 0 aliphatic heterocycles. The van der Waals surface area contributed by atoms with E-state index >= 15 is 0 Å². The number of hydrogen-bond acceptors (Lipinski definition) is 3. The number of benzene rings is 2. The maximum absolute atomic E-state index is 13.4. The fourth-order valence-electron chi connectivity index (χ4n) is 1.61. The van der Waals surface area contributed by atoms with E-state index in [9.17, 15) is 12.8 Å². The molecule has 2 aromatic carbocycles. The Morgan fingerprint density at radius 1 is 1.20 bits per heavy atom. The van der Waals surface area contributed by atoms with E-state index in [4.69, 9.17) is 5.11 Å². The van der Waals surface area contributed by atoms with Gasteiger partial charge in [-0.05, 0) is 40.2 Å². The maximum Gasteiger partial charge on any atom is 0.262 e. The number of rotatable bonds is 4. The van der Waals surface area contributed by atoms with Crippen molar-refractivity contribution in [1.29, 1.82) is 0 Å². The molecular weight excluding hydrogens is 349 g/mol. The second-order valence-corrected chi connectivity index (χ2v) is 6.53. The number of hydrogen-bond donors (Lipinski definition) is 2. The lowest BCUT2D eigenvalue weighted by molar-refractivity contribution is 0.282. The molecule has 106 valence electrons. The molecule has 0 bridgehead atoms. The van der Waals surface area contributed by atoms with Crippen molar-refractivity contribution in [3.05, 3.63) is 58.3 Å². The quantitative estimate of drug-likeness (QED) is 0.881. The molecule has 0 aromatic heterocycles. The summed E-state index contributed by atoms with van der Waals surface area (Å²) in [4.78, 5) is -0.189. The first-order valence-electron chi connectivity index (χ1n) is 5.60. The van der Waals surface area contributed by atoms with Gasteiger partial charge in [0.1, 0.15) is 5.82 Å². The smallest absolute Gasteiger partial charge is 0.262 e. The van der Waals surface area contributed by atoms with E-state index in [1.807, 2.05) is 0 Å². The Hall–Kier alpha value is -1.44. The molecule has 0 heterocycles. The van der Waals surface area contributed by atoms with Crippen LogP contribution in [0.3, 0.4) is 0 Å². The van der Waals surface area contributed by atoms with E-state index in [1.165, 1.54) is 18.2 Å². The lowest BCUT2D eigenvalue weighted by Crippen LogP contribution is -2.14. The van der Waals surface area contributed by atoms with Crippen LogP contribution in [-0.4, -0.2) is 13.5 Å². The molecule has 0 saturated heterocycles. The van der Waals surface area contributed by atoms with Crippen LogP contribution in [0.5, 0.6) is 0 Å². The number of aliphatic hydroxyl groups is 1. The van der Waals surface area contributed by atoms with Gasteiger partial charge in [0.15, 0.2) is 0 Å². The lowest BCUT2D eigenvalue weighted by Gasteiger charge is -2.11. The van der Waals surface area contributed by atoms with Crippen molar-refractivity contribution in [3.8, 4) is 0 Å². The highest BCUT2D eigenvalue weighted by atomic mass is 79.9. The molecule has 0 saturated carbocycles. The first-order chi connectivity index (χ1) is 9.44. The van der Waals surface area contributed by atoms with Gasteiger partial charge >= 0.3 is 0 Å². The summed E-state index contributed by atoms with van der Waals surface area (Å²) in [5.41, 5.74) is 0.701. The number of halogens is 2. The third-order valence-electron chi connectivity index (χ3n) is 2.63. The van der Waals surface area contributed by atoms with Crippen molar-refractivity contribution in [3.63, 3.8) is 0 Å². The van der Waals surface area contributed by atoms with Crippen molar-refractivity contribution >= 4 is 31.6 Å². The monoisotopic (exact) mass is 359 g/mol. The molecule has 0 aliphatic carbocycles. The largest absolute Gasteiger partial charge is 0.392 e. The summed E-state index contributed by atoms with van der Waals surface area (Å²) < 4.78 is 40.2. The number of nitrogens with one attached hydrogen (secondary N) is 1. The van der Waals surface area contributed by atoms with Gasteiger partial charge in [-0.25, -0.2) is 12.8 Å². The van der Waals surface area contributed by atoms with Gasteiger partial charge < -0.3 is 5.11 Å². The molecule has 0 spiro atoms. The molecule has 0 radical (unpaired) electrons. The van der Waals surface area contributed by atoms with Gasteiger partial charge in [-0.2, -0.15) is 0 Å². The van der Waals surface area contributed by atoms with E-state index in [0.29, 0.717) is 5.56 Å². The fraction of sp³-hybridized carbons (Fsp3) is 0.0769. The second kappa shape index (κ2) is 5.90. The minimum Gasteiger partial charge on any atom is -0.392 e. The van der Waals surface area contributed by atoms with E-state index in [1.54, 1.807) is 18.2 Å². The highest BCUT2D eigenvalue weighted by molar-refractivity contribution is 9.10. The SMILES string of the molecule is O=S(=O)(Nc1ccccc1CO)c1ccc(Br)c(F)c1. The van der Waals surface area contributed by atoms with Gasteiger partial charge in [0, 0.05) is 5.56 Å². The Morgan fingerprint density at radius 3 is 2.55 bits per heavy atom. The van der Waals surface area contributed by atoms with Crippen LogP contribution < -0.4 is 4.72 Å². The number of para-hydroxylation sites is 1. The first kappa shape index (κ1) is 15.0. The Kier molecular flexibility index (Phi) is 4.42. The minimum atomic E-state index is -3.91. The molecule has 0 unspecified atom stereocenters. The zero-order valence-corrected chi connectivity index (χ0v) is 12.6. The summed E-state index contributed by atoms with van der Waals surface area (Å²) in [7, 11) is -3.91. The Balaban J connectivity index is 2.38. The van der Waals surface area contributed by atoms with Crippen LogP contribution in [-0.2, 0) is 16.6 Å². The van der Waals surface area contributed by atoms with E-state index < -0.39 is 15.8 Å². The molecule has 2 N–H and O–H groups in total. The van der Waals surface area contributed by atoms with Crippen molar-refractivity contribution in [2.24, 2.45) is 0 Å². The van der Waals surface area contributed by atoms with Gasteiger partial charge in [-0.1, -0.05) is 18.2 Å². The first-order valence-corrected chi connectivity index (χ1v) is 7.88. The van der Waals surface area contributed by atoms with Crippen LogP contribution in [0.1, 0.15) is 5.56 Å². The van der Waals surface area contributed by atoms with E-state index in [0.717, 1.165) is 6.07 Å². The highest BCUT2D eigenvalue weighted by Gasteiger charge is 2.17. The lowest BCUT2D eigenvalue weighted by atomic mass is 10.2. The average Bonchev–Trinajstić information content (AvgIpc) is 2.42. The zero-order valence-electron chi connectivity index (χ0n) is 10.2. The van der Waals surface area contributed by atoms with Gasteiger partial charge in [-0.3, -0.25) is 4.72 Å². The highest BCUT2D eigenvalue weighted by Crippen LogP contribution is 2.23. The molecule has 20 heavy (non-hydrogen) atoms. The average molecular weight is 360 g/mol. The van der Waals surface area contributed by atoms with Crippen LogP contribution in [0.2, 0.25) is 0 Å². The minimum absolute atomic E-state index is 0.187. The molecule has 4 nitrogen and oxygen atoms in total. The number of sulfonamides is 1. The van der Waals surface area contributed by atoms with Crippen molar-refractivity contribution < 1.29 is 17.9 Å². The van der Waals surface area contributed by atoms with Crippen LogP contribution in [0, 0.1) is 5.82 Å². The fourth-order valence-corrected chi connectivity index (χ4v) is 2.96. The predicted octanol–water partition coefficient (Wildman–Crippen LogP) is 2.88. The van der Waals surface area contributed by atoms with Crippen molar-refractivity contribution in [2.75, 3.05) is 4.72 Å². The Morgan fingerprint density at radius 2 is 1.90 bits per heavy atom. The van der Waals surface area contributed by atoms with Crippen LogP contribution >= 0.6 is 15.9 Å². The molecule has 0 fully saturated rings. The zero-order chi connectivity index (χ0) is 14.8. The number of aliphatic hydroxyl groups excluding tert-OH is 1. The third-order valence-corrected chi connectivity index (χ3v) is 4.64. The summed E-state index contributed by atoms with van der Waals surface area (Å²) in [6, 6.07) is 9.98. The summed E-state index contributed by atoms with van der Waals surface area (Å²) >= 11 is 2.96. The number of anilines is 1. The van der Waals surface area contributed by atoms with Gasteiger partial charge in [0.25, 0.3) is 10.0 Å². The van der Waals surface area contributed by atoms with Crippen LogP contribution in [0.15, 0.2) is 51.8 Å². The summed E-state index contributed by atoms with van der Waals surface area (Å²) in [5, 5.41) is 9.17. The molecule has 0 amide bonds. The van der Waals surface area contributed by atoms with Gasteiger partial charge in [0.05, 0.1) is 21.7 Å². The summed E-state index contributed by atoms with van der Waals surface area (Å²) in [6.07, 6.45) is 0. The van der Waals surface area contributed by atoms with Crippen LogP contribution in [0.25, 0.3) is 0 Å². The predicted molar refractivity (Wildman–Crippen MR) is 77.3 cm³/mol. The van der Waals surface area contributed by atoms with Crippen molar-refractivity contribution in [1.82, 2.24) is 0 Å². The normalized spacial score (nSPS) is 11.3. The van der Waals surface area contributed by atoms with Gasteiger partial charge in [-0.15, -0.1) is 0 Å². The van der Waals surface area contributed by atoms with Crippen molar-refractivity contribution in [2.45, 2.75) is 11.5 Å². The molecule has 0 aliphatic rings. The van der Waals surface area contributed by atoms with E-state index in [-0.39, 0.29) is 21.7 Å². The topological polar surface area (TPSA) is 66.4 Å². The summed E-state index contributed by atoms with van der Waals surface area (Å²) in [5.74, 6) is -0.664. The molecule has 7 heteroatoms. The molecule has 2 rings (SSSR count). The van der Waals surface area contributed by atoms with Crippen LogP contribution in [0.4, 0.5) is 10.1 Å². The Labute approximate surface area is 124 Å². The van der Waals surface area contributed by atoms with E-state index in [2.05, 4.69) is 20.7 Å².